The van der Waals surface area contributed by atoms with Gasteiger partial charge in [0.2, 0.25) is 0 Å². The van der Waals surface area contributed by atoms with E-state index in [1.807, 2.05) is 24.3 Å². The summed E-state index contributed by atoms with van der Waals surface area (Å²) < 4.78 is 4.97. The second kappa shape index (κ2) is 4.69. The first-order chi connectivity index (χ1) is 6.22. The van der Waals surface area contributed by atoms with Gasteiger partial charge in [-0.1, -0.05) is 24.2 Å². The van der Waals surface area contributed by atoms with Crippen molar-refractivity contribution < 1.29 is 14.8 Å². The number of hydrogen-bond donors (Lipinski definition) is 2. The molecule has 0 aliphatic rings. The number of hydrogen-bond acceptors (Lipinski definition) is 3. The minimum atomic E-state index is -1.40. The van der Waals surface area contributed by atoms with Crippen molar-refractivity contribution in [3.63, 3.8) is 0 Å². The van der Waals surface area contributed by atoms with Crippen molar-refractivity contribution in [1.29, 1.82) is 0 Å². The van der Waals surface area contributed by atoms with Crippen molar-refractivity contribution >= 4 is 13.2 Å². The van der Waals surface area contributed by atoms with Crippen molar-refractivity contribution in [2.75, 3.05) is 7.11 Å². The van der Waals surface area contributed by atoms with Crippen molar-refractivity contribution in [1.82, 2.24) is 0 Å². The predicted octanol–water partition coefficient (Wildman–Crippen LogP) is 0.720. The van der Waals surface area contributed by atoms with E-state index in [0.29, 0.717) is 0 Å². The fourth-order valence-corrected chi connectivity index (χ4v) is 0.912. The van der Waals surface area contributed by atoms with Gasteiger partial charge in [0.1, 0.15) is 5.75 Å². The standard InChI is InChI=1S/C9H11BO3/c1-13-9-4-2-8(3-5-9)6-7-10(11)12/h2-7,11-12H,1H3/b7-6-. The first-order valence-electron chi connectivity index (χ1n) is 3.91. The zero-order chi connectivity index (χ0) is 9.68. The minimum absolute atomic E-state index is 0.779. The van der Waals surface area contributed by atoms with Crippen LogP contribution in [0, 0.1) is 0 Å². The van der Waals surface area contributed by atoms with Crippen LogP contribution in [-0.2, 0) is 0 Å². The van der Waals surface area contributed by atoms with Crippen LogP contribution in [0.5, 0.6) is 5.75 Å². The maximum atomic E-state index is 8.56. The van der Waals surface area contributed by atoms with Crippen LogP contribution in [0.4, 0.5) is 0 Å². The zero-order valence-corrected chi connectivity index (χ0v) is 7.34. The number of ether oxygens (including phenoxy) is 1. The maximum Gasteiger partial charge on any atom is 0.480 e. The summed E-state index contributed by atoms with van der Waals surface area (Å²) in [5, 5.41) is 17.1. The monoisotopic (exact) mass is 178 g/mol. The molecule has 0 radical (unpaired) electrons. The lowest BCUT2D eigenvalue weighted by molar-refractivity contribution is 0.415. The Morgan fingerprint density at radius 2 is 1.85 bits per heavy atom. The van der Waals surface area contributed by atoms with Crippen LogP contribution < -0.4 is 4.74 Å². The van der Waals surface area contributed by atoms with Crippen LogP contribution in [0.1, 0.15) is 5.56 Å². The maximum absolute atomic E-state index is 8.56. The molecule has 1 aromatic rings. The zero-order valence-electron chi connectivity index (χ0n) is 7.34. The van der Waals surface area contributed by atoms with E-state index in [0.717, 1.165) is 11.3 Å². The third-order valence-electron chi connectivity index (χ3n) is 1.58. The largest absolute Gasteiger partial charge is 0.497 e. The lowest BCUT2D eigenvalue weighted by atomic mass is 9.91. The molecule has 0 saturated heterocycles. The van der Waals surface area contributed by atoms with E-state index in [1.165, 1.54) is 5.98 Å². The van der Waals surface area contributed by atoms with Gasteiger partial charge in [-0.3, -0.25) is 0 Å². The lowest BCUT2D eigenvalue weighted by Crippen LogP contribution is -2.05. The molecule has 13 heavy (non-hydrogen) atoms. The Morgan fingerprint density at radius 1 is 1.23 bits per heavy atom. The average molecular weight is 178 g/mol. The molecule has 0 amide bonds. The molecule has 0 unspecified atom stereocenters. The van der Waals surface area contributed by atoms with Gasteiger partial charge in [-0.25, -0.2) is 0 Å². The third kappa shape index (κ3) is 3.31. The molecule has 2 N–H and O–H groups in total. The van der Waals surface area contributed by atoms with E-state index < -0.39 is 7.12 Å². The summed E-state index contributed by atoms with van der Waals surface area (Å²) in [5.74, 6) is 2.07. The van der Waals surface area contributed by atoms with Gasteiger partial charge in [0.25, 0.3) is 0 Å². The summed E-state index contributed by atoms with van der Waals surface area (Å²) in [6.45, 7) is 0. The molecular formula is C9H11BO3. The smallest absolute Gasteiger partial charge is 0.480 e. The van der Waals surface area contributed by atoms with E-state index in [9.17, 15) is 0 Å². The van der Waals surface area contributed by atoms with E-state index in [-0.39, 0.29) is 0 Å². The van der Waals surface area contributed by atoms with E-state index in [1.54, 1.807) is 13.2 Å². The van der Waals surface area contributed by atoms with Gasteiger partial charge < -0.3 is 14.8 Å². The SMILES string of the molecule is COc1ccc(/C=C\B(O)O)cc1. The summed E-state index contributed by atoms with van der Waals surface area (Å²) in [5.41, 5.74) is 0.897. The van der Waals surface area contributed by atoms with E-state index in [2.05, 4.69) is 0 Å². The molecular weight excluding hydrogens is 167 g/mol. The molecule has 0 saturated carbocycles. The van der Waals surface area contributed by atoms with Gasteiger partial charge in [0.05, 0.1) is 7.11 Å². The molecule has 1 rings (SSSR count). The van der Waals surface area contributed by atoms with Gasteiger partial charge in [-0.05, 0) is 17.7 Å². The summed E-state index contributed by atoms with van der Waals surface area (Å²) in [6, 6.07) is 7.28. The molecule has 0 heterocycles. The van der Waals surface area contributed by atoms with Gasteiger partial charge >= 0.3 is 7.12 Å². The fraction of sp³-hybridized carbons (Fsp3) is 0.111. The summed E-state index contributed by atoms with van der Waals surface area (Å²) in [4.78, 5) is 0. The molecule has 0 aliphatic heterocycles. The fourth-order valence-electron chi connectivity index (χ4n) is 0.912. The number of methoxy groups -OCH3 is 1. The Kier molecular flexibility index (Phi) is 3.55. The highest BCUT2D eigenvalue weighted by Gasteiger charge is 1.97. The molecule has 0 fully saturated rings. The first kappa shape index (κ1) is 9.83. The summed E-state index contributed by atoms with van der Waals surface area (Å²) in [7, 11) is 0.199. The van der Waals surface area contributed by atoms with Crippen LogP contribution in [0.2, 0.25) is 0 Å². The van der Waals surface area contributed by atoms with Crippen LogP contribution in [-0.4, -0.2) is 24.3 Å². The quantitative estimate of drug-likeness (QED) is 0.670. The predicted molar refractivity (Wildman–Crippen MR) is 52.2 cm³/mol. The molecule has 68 valence electrons. The summed E-state index contributed by atoms with van der Waals surface area (Å²) >= 11 is 0. The van der Waals surface area contributed by atoms with Gasteiger partial charge in [-0.2, -0.15) is 0 Å². The Morgan fingerprint density at radius 3 is 2.31 bits per heavy atom. The number of rotatable bonds is 3. The van der Waals surface area contributed by atoms with Crippen LogP contribution in [0.15, 0.2) is 30.2 Å². The molecule has 0 atom stereocenters. The van der Waals surface area contributed by atoms with E-state index in [4.69, 9.17) is 14.8 Å². The van der Waals surface area contributed by atoms with Crippen molar-refractivity contribution in [3.05, 3.63) is 35.8 Å². The van der Waals surface area contributed by atoms with Crippen molar-refractivity contribution in [2.45, 2.75) is 0 Å². The molecule has 3 nitrogen and oxygen atoms in total. The number of benzene rings is 1. The topological polar surface area (TPSA) is 49.7 Å². The highest BCUT2D eigenvalue weighted by atomic mass is 16.5. The highest BCUT2D eigenvalue weighted by molar-refractivity contribution is 6.48. The lowest BCUT2D eigenvalue weighted by Gasteiger charge is -1.98. The molecule has 4 heteroatoms. The Bertz CT molecular complexity index is 279. The van der Waals surface area contributed by atoms with Crippen LogP contribution in [0.25, 0.3) is 6.08 Å². The van der Waals surface area contributed by atoms with Crippen LogP contribution >= 0.6 is 0 Å². The molecule has 0 aromatic heterocycles. The van der Waals surface area contributed by atoms with Crippen molar-refractivity contribution in [2.24, 2.45) is 0 Å². The first-order valence-corrected chi connectivity index (χ1v) is 3.91. The van der Waals surface area contributed by atoms with Gasteiger partial charge in [-0.15, -0.1) is 0 Å². The molecule has 0 spiro atoms. The Balaban J connectivity index is 2.69. The van der Waals surface area contributed by atoms with Crippen LogP contribution in [0.3, 0.4) is 0 Å². The Labute approximate surface area is 77.4 Å². The summed E-state index contributed by atoms with van der Waals surface area (Å²) in [6.07, 6.45) is 1.63. The molecule has 1 aromatic carbocycles. The minimum Gasteiger partial charge on any atom is -0.497 e. The van der Waals surface area contributed by atoms with E-state index >= 15 is 0 Å². The van der Waals surface area contributed by atoms with Gasteiger partial charge in [0, 0.05) is 0 Å². The normalized spacial score (nSPS) is 10.4. The molecule has 0 bridgehead atoms. The second-order valence-electron chi connectivity index (χ2n) is 2.55. The molecule has 0 aliphatic carbocycles. The third-order valence-corrected chi connectivity index (χ3v) is 1.58. The van der Waals surface area contributed by atoms with Gasteiger partial charge in [0.15, 0.2) is 0 Å². The highest BCUT2D eigenvalue weighted by Crippen LogP contribution is 2.11. The Hall–Kier alpha value is -1.26. The average Bonchev–Trinajstić information content (AvgIpc) is 2.15. The van der Waals surface area contributed by atoms with Crippen molar-refractivity contribution in [3.8, 4) is 5.75 Å². The second-order valence-corrected chi connectivity index (χ2v) is 2.55.